The third kappa shape index (κ3) is 6.98. The van der Waals surface area contributed by atoms with Gasteiger partial charge in [-0.2, -0.15) is 0 Å². The summed E-state index contributed by atoms with van der Waals surface area (Å²) in [4.78, 5) is 11.8. The molecule has 0 amide bonds. The van der Waals surface area contributed by atoms with E-state index in [0.717, 1.165) is 16.7 Å². The molecule has 0 saturated carbocycles. The summed E-state index contributed by atoms with van der Waals surface area (Å²) in [5, 5.41) is 0. The number of esters is 1. The molecule has 3 aromatic carbocycles. The first-order valence-electron chi connectivity index (χ1n) is 11.4. The van der Waals surface area contributed by atoms with Crippen LogP contribution in [-0.4, -0.2) is 37.2 Å². The summed E-state index contributed by atoms with van der Waals surface area (Å²) in [7, 11) is 0. The lowest BCUT2D eigenvalue weighted by Crippen LogP contribution is -2.40. The second kappa shape index (κ2) is 12.4. The summed E-state index contributed by atoms with van der Waals surface area (Å²) in [5.41, 5.74) is 3.11. The van der Waals surface area contributed by atoms with Gasteiger partial charge in [0.1, 0.15) is 18.3 Å². The summed E-state index contributed by atoms with van der Waals surface area (Å²) in [6.45, 7) is 2.80. The maximum Gasteiger partial charge on any atom is 0.305 e. The van der Waals surface area contributed by atoms with Crippen LogP contribution in [0.4, 0.5) is 0 Å². The van der Waals surface area contributed by atoms with Gasteiger partial charge in [0.2, 0.25) is 6.29 Å². The van der Waals surface area contributed by atoms with Gasteiger partial charge in [-0.25, -0.2) is 0 Å². The highest BCUT2D eigenvalue weighted by Gasteiger charge is 2.48. The van der Waals surface area contributed by atoms with Gasteiger partial charge < -0.3 is 23.7 Å². The average Bonchev–Trinajstić information content (AvgIpc) is 3.18. The Balaban J connectivity index is 1.47. The van der Waals surface area contributed by atoms with Crippen molar-refractivity contribution < 1.29 is 28.5 Å². The van der Waals surface area contributed by atoms with Crippen molar-refractivity contribution in [2.45, 2.75) is 51.3 Å². The van der Waals surface area contributed by atoms with Crippen molar-refractivity contribution in [3.63, 3.8) is 0 Å². The summed E-state index contributed by atoms with van der Waals surface area (Å²) in [5.74, 6) is -0.439. The van der Waals surface area contributed by atoms with Crippen molar-refractivity contribution in [3.8, 4) is 0 Å². The highest BCUT2D eigenvalue weighted by atomic mass is 16.7. The molecule has 0 radical (unpaired) electrons. The van der Waals surface area contributed by atoms with E-state index < -0.39 is 30.6 Å². The van der Waals surface area contributed by atoms with Crippen LogP contribution in [0.3, 0.4) is 0 Å². The highest BCUT2D eigenvalue weighted by Crippen LogP contribution is 2.30. The first-order valence-corrected chi connectivity index (χ1v) is 11.4. The van der Waals surface area contributed by atoms with Crippen LogP contribution in [0.5, 0.6) is 0 Å². The Labute approximate surface area is 200 Å². The first-order chi connectivity index (χ1) is 16.7. The number of carbonyl (C=O) groups is 1. The largest absolute Gasteiger partial charge is 0.433 e. The zero-order valence-corrected chi connectivity index (χ0v) is 19.2. The predicted molar refractivity (Wildman–Crippen MR) is 127 cm³/mol. The Bertz CT molecular complexity index is 995. The van der Waals surface area contributed by atoms with Crippen molar-refractivity contribution in [3.05, 3.63) is 108 Å². The third-order valence-corrected chi connectivity index (χ3v) is 5.51. The number of carbonyl (C=O) groups excluding carboxylic acids is 1. The van der Waals surface area contributed by atoms with Crippen LogP contribution in [0.15, 0.2) is 91.0 Å². The molecule has 0 spiro atoms. The molecule has 1 aliphatic rings. The quantitative estimate of drug-likeness (QED) is 0.386. The standard InChI is InChI=1S/C28H30O6/c1-21(29)33-28-27(32-19-24-15-9-4-10-16-24)26(31-18-23-13-7-3-8-14-23)25(34-28)20-30-17-22-11-5-2-6-12-22/h2-16,25-28H,17-20H2,1H3/t25-,26-,27+,28?/m0/s1. The Hall–Kier alpha value is -3.03. The van der Waals surface area contributed by atoms with E-state index in [1.54, 1.807) is 0 Å². The van der Waals surface area contributed by atoms with E-state index in [1.165, 1.54) is 6.92 Å². The zero-order valence-electron chi connectivity index (χ0n) is 19.2. The molecule has 34 heavy (non-hydrogen) atoms. The molecule has 3 aromatic rings. The van der Waals surface area contributed by atoms with Gasteiger partial charge >= 0.3 is 5.97 Å². The lowest BCUT2D eigenvalue weighted by Gasteiger charge is -2.24. The van der Waals surface area contributed by atoms with Crippen LogP contribution in [0.1, 0.15) is 23.6 Å². The van der Waals surface area contributed by atoms with Gasteiger partial charge in [-0.15, -0.1) is 0 Å². The van der Waals surface area contributed by atoms with E-state index in [9.17, 15) is 4.79 Å². The SMILES string of the molecule is CC(=O)OC1O[C@@H](COCc2ccccc2)[C@H](OCc2ccccc2)[C@H]1OCc1ccccc1. The maximum absolute atomic E-state index is 11.8. The van der Waals surface area contributed by atoms with Gasteiger partial charge in [-0.3, -0.25) is 4.79 Å². The summed E-state index contributed by atoms with van der Waals surface area (Å²) >= 11 is 0. The number of ether oxygens (including phenoxy) is 5. The topological polar surface area (TPSA) is 63.2 Å². The van der Waals surface area contributed by atoms with E-state index >= 15 is 0 Å². The molecule has 0 aromatic heterocycles. The molecule has 0 aliphatic carbocycles. The normalized spacial score (nSPS) is 21.9. The van der Waals surface area contributed by atoms with Gasteiger partial charge in [-0.05, 0) is 16.7 Å². The Kier molecular flexibility index (Phi) is 8.82. The summed E-state index contributed by atoms with van der Waals surface area (Å²) in [6, 6.07) is 29.7. The molecule has 1 heterocycles. The van der Waals surface area contributed by atoms with Gasteiger partial charge in [0.25, 0.3) is 0 Å². The molecule has 1 unspecified atom stereocenters. The molecular formula is C28H30O6. The van der Waals surface area contributed by atoms with Crippen molar-refractivity contribution in [1.82, 2.24) is 0 Å². The van der Waals surface area contributed by atoms with Crippen molar-refractivity contribution in [2.75, 3.05) is 6.61 Å². The monoisotopic (exact) mass is 462 g/mol. The molecule has 4 rings (SSSR count). The lowest BCUT2D eigenvalue weighted by atomic mass is 10.1. The van der Waals surface area contributed by atoms with Crippen molar-refractivity contribution in [1.29, 1.82) is 0 Å². The van der Waals surface area contributed by atoms with Crippen LogP contribution in [-0.2, 0) is 48.3 Å². The molecule has 1 saturated heterocycles. The third-order valence-electron chi connectivity index (χ3n) is 5.51. The number of rotatable bonds is 11. The first kappa shape index (κ1) is 24.1. The van der Waals surface area contributed by atoms with Crippen LogP contribution < -0.4 is 0 Å². The maximum atomic E-state index is 11.8. The average molecular weight is 463 g/mol. The minimum absolute atomic E-state index is 0.275. The molecule has 6 heteroatoms. The number of hydrogen-bond donors (Lipinski definition) is 0. The molecule has 0 N–H and O–H groups in total. The van der Waals surface area contributed by atoms with Crippen LogP contribution in [0.2, 0.25) is 0 Å². The number of hydrogen-bond acceptors (Lipinski definition) is 6. The fraction of sp³-hybridized carbons (Fsp3) is 0.321. The van der Waals surface area contributed by atoms with E-state index in [2.05, 4.69) is 0 Å². The second-order valence-corrected chi connectivity index (χ2v) is 8.18. The second-order valence-electron chi connectivity index (χ2n) is 8.18. The molecular weight excluding hydrogens is 432 g/mol. The van der Waals surface area contributed by atoms with Crippen molar-refractivity contribution >= 4 is 5.97 Å². The molecule has 6 nitrogen and oxygen atoms in total. The fourth-order valence-corrected chi connectivity index (χ4v) is 3.86. The van der Waals surface area contributed by atoms with Gasteiger partial charge in [-0.1, -0.05) is 91.0 Å². The minimum Gasteiger partial charge on any atom is -0.433 e. The molecule has 1 fully saturated rings. The van der Waals surface area contributed by atoms with Gasteiger partial charge in [0.15, 0.2) is 0 Å². The Morgan fingerprint density at radius 3 is 1.68 bits per heavy atom. The summed E-state index contributed by atoms with van der Waals surface area (Å²) < 4.78 is 30.0. The predicted octanol–water partition coefficient (Wildman–Crippen LogP) is 4.66. The van der Waals surface area contributed by atoms with E-state index in [1.807, 2.05) is 91.0 Å². The van der Waals surface area contributed by atoms with E-state index in [0.29, 0.717) is 19.8 Å². The Morgan fingerprint density at radius 2 is 1.18 bits per heavy atom. The highest BCUT2D eigenvalue weighted by molar-refractivity contribution is 5.66. The molecule has 0 bridgehead atoms. The molecule has 1 aliphatic heterocycles. The zero-order chi connectivity index (χ0) is 23.6. The number of benzene rings is 3. The Morgan fingerprint density at radius 1 is 0.706 bits per heavy atom. The van der Waals surface area contributed by atoms with E-state index in [-0.39, 0.29) is 6.61 Å². The minimum atomic E-state index is -0.882. The van der Waals surface area contributed by atoms with Crippen molar-refractivity contribution in [2.24, 2.45) is 0 Å². The lowest BCUT2D eigenvalue weighted by molar-refractivity contribution is -0.195. The smallest absolute Gasteiger partial charge is 0.305 e. The molecule has 4 atom stereocenters. The van der Waals surface area contributed by atoms with Crippen LogP contribution in [0.25, 0.3) is 0 Å². The van der Waals surface area contributed by atoms with E-state index in [4.69, 9.17) is 23.7 Å². The molecule has 178 valence electrons. The summed E-state index contributed by atoms with van der Waals surface area (Å²) in [6.07, 6.45) is -2.42. The van der Waals surface area contributed by atoms with Gasteiger partial charge in [0.05, 0.1) is 26.4 Å². The van der Waals surface area contributed by atoms with Gasteiger partial charge in [0, 0.05) is 6.92 Å². The fourth-order valence-electron chi connectivity index (χ4n) is 3.86. The van der Waals surface area contributed by atoms with Crippen LogP contribution in [0, 0.1) is 0 Å². The van der Waals surface area contributed by atoms with Crippen LogP contribution >= 0.6 is 0 Å².